The molecule has 1 amide bonds. The molecular weight excluding hydrogens is 378 g/mol. The molecule has 2 heterocycles. The average Bonchev–Trinajstić information content (AvgIpc) is 3.01. The molecule has 0 spiro atoms. The summed E-state index contributed by atoms with van der Waals surface area (Å²) in [7, 11) is 0. The van der Waals surface area contributed by atoms with Crippen LogP contribution in [0.2, 0.25) is 5.02 Å². The van der Waals surface area contributed by atoms with E-state index in [9.17, 15) is 19.7 Å². The third-order valence-corrected chi connectivity index (χ3v) is 3.91. The lowest BCUT2D eigenvalue weighted by Crippen LogP contribution is -2.21. The summed E-state index contributed by atoms with van der Waals surface area (Å²) >= 11 is 5.90. The molecule has 0 aliphatic carbocycles. The molecule has 0 unspecified atom stereocenters. The van der Waals surface area contributed by atoms with E-state index in [2.05, 4.69) is 15.5 Å². The van der Waals surface area contributed by atoms with Gasteiger partial charge in [-0.15, -0.1) is 10.2 Å². The zero-order chi connectivity index (χ0) is 19.6. The molecular formula is C16H12ClN5O5. The third kappa shape index (κ3) is 4.01. The lowest BCUT2D eigenvalue weighted by atomic mass is 10.2. The zero-order valence-corrected chi connectivity index (χ0v) is 14.6. The molecule has 0 atom stereocenters. The molecule has 0 bridgehead atoms. The number of amides is 1. The molecule has 1 N–H and O–H groups in total. The molecule has 0 fully saturated rings. The van der Waals surface area contributed by atoms with E-state index < -0.39 is 23.4 Å². The number of pyridine rings is 1. The van der Waals surface area contributed by atoms with Crippen LogP contribution in [-0.4, -0.2) is 38.0 Å². The number of nitrogens with one attached hydrogen (secondary N) is 1. The number of carbonyl (C=O) groups is 2. The molecule has 0 aliphatic rings. The number of hydrogen-bond donors (Lipinski definition) is 1. The Bertz CT molecular complexity index is 1060. The van der Waals surface area contributed by atoms with Gasteiger partial charge in [-0.2, -0.15) is 0 Å². The van der Waals surface area contributed by atoms with Crippen LogP contribution in [0.5, 0.6) is 0 Å². The van der Waals surface area contributed by atoms with Crippen molar-refractivity contribution in [2.45, 2.75) is 6.92 Å². The van der Waals surface area contributed by atoms with Crippen molar-refractivity contribution in [3.05, 3.63) is 63.1 Å². The van der Waals surface area contributed by atoms with E-state index in [1.807, 2.05) is 0 Å². The van der Waals surface area contributed by atoms with Crippen LogP contribution in [0, 0.1) is 17.0 Å². The predicted molar refractivity (Wildman–Crippen MR) is 94.7 cm³/mol. The molecule has 0 aliphatic heterocycles. The molecule has 1 aromatic carbocycles. The molecule has 10 nitrogen and oxygen atoms in total. The Kier molecular flexibility index (Phi) is 4.99. The van der Waals surface area contributed by atoms with Crippen molar-refractivity contribution < 1.29 is 19.2 Å². The van der Waals surface area contributed by atoms with Gasteiger partial charge in [-0.25, -0.2) is 4.79 Å². The predicted octanol–water partition coefficient (Wildman–Crippen LogP) is 2.39. The number of anilines is 1. The fourth-order valence-electron chi connectivity index (χ4n) is 2.25. The standard InChI is InChI=1S/C16H12ClN5O5/c1-9-19-20-14-5-2-10(7-21(9)14)16(24)27-8-15(23)18-13-6-11(22(25)26)3-4-12(13)17/h2-7H,8H2,1H3,(H,18,23). The number of esters is 1. The van der Waals surface area contributed by atoms with Crippen molar-refractivity contribution >= 4 is 40.5 Å². The number of nitrogens with zero attached hydrogens (tertiary/aromatic N) is 4. The van der Waals surface area contributed by atoms with Gasteiger partial charge in [0.05, 0.1) is 21.2 Å². The van der Waals surface area contributed by atoms with Gasteiger partial charge in [-0.1, -0.05) is 11.6 Å². The highest BCUT2D eigenvalue weighted by Crippen LogP contribution is 2.26. The molecule has 3 aromatic rings. The first-order valence-electron chi connectivity index (χ1n) is 7.57. The Morgan fingerprint density at radius 3 is 2.81 bits per heavy atom. The number of non-ortho nitro benzene ring substituents is 1. The number of hydrogen-bond acceptors (Lipinski definition) is 7. The van der Waals surface area contributed by atoms with Gasteiger partial charge in [-0.05, 0) is 25.1 Å². The number of ether oxygens (including phenoxy) is 1. The monoisotopic (exact) mass is 389 g/mol. The fraction of sp³-hybridized carbons (Fsp3) is 0.125. The number of carbonyl (C=O) groups excluding carboxylic acids is 2. The number of nitro groups is 1. The maximum Gasteiger partial charge on any atom is 0.340 e. The van der Waals surface area contributed by atoms with Gasteiger partial charge in [0, 0.05) is 18.3 Å². The van der Waals surface area contributed by atoms with Gasteiger partial charge in [0.2, 0.25) is 0 Å². The maximum absolute atomic E-state index is 12.1. The molecule has 3 rings (SSSR count). The summed E-state index contributed by atoms with van der Waals surface area (Å²) in [6, 6.07) is 6.71. The summed E-state index contributed by atoms with van der Waals surface area (Å²) in [6.45, 7) is 1.14. The normalized spacial score (nSPS) is 10.6. The van der Waals surface area contributed by atoms with Crippen molar-refractivity contribution in [2.24, 2.45) is 0 Å². The van der Waals surface area contributed by atoms with Crippen LogP contribution in [-0.2, 0) is 9.53 Å². The van der Waals surface area contributed by atoms with Crippen molar-refractivity contribution in [1.82, 2.24) is 14.6 Å². The van der Waals surface area contributed by atoms with E-state index in [0.717, 1.165) is 6.07 Å². The minimum Gasteiger partial charge on any atom is -0.452 e. The van der Waals surface area contributed by atoms with E-state index >= 15 is 0 Å². The van der Waals surface area contributed by atoms with Gasteiger partial charge >= 0.3 is 5.97 Å². The van der Waals surface area contributed by atoms with Gasteiger partial charge in [0.25, 0.3) is 11.6 Å². The molecule has 0 saturated heterocycles. The summed E-state index contributed by atoms with van der Waals surface area (Å²) in [5.74, 6) is -0.810. The van der Waals surface area contributed by atoms with E-state index in [0.29, 0.717) is 11.5 Å². The summed E-state index contributed by atoms with van der Waals surface area (Å²) in [4.78, 5) is 34.3. The third-order valence-electron chi connectivity index (χ3n) is 3.58. The molecule has 0 radical (unpaired) electrons. The smallest absolute Gasteiger partial charge is 0.340 e. The van der Waals surface area contributed by atoms with E-state index in [-0.39, 0.29) is 22.0 Å². The Morgan fingerprint density at radius 1 is 1.30 bits per heavy atom. The van der Waals surface area contributed by atoms with E-state index in [1.165, 1.54) is 24.4 Å². The van der Waals surface area contributed by atoms with Crippen LogP contribution in [0.25, 0.3) is 5.65 Å². The molecule has 0 saturated carbocycles. The lowest BCUT2D eigenvalue weighted by Gasteiger charge is -2.08. The SMILES string of the molecule is Cc1nnc2ccc(C(=O)OCC(=O)Nc3cc([N+](=O)[O-])ccc3Cl)cn12. The van der Waals surface area contributed by atoms with Crippen LogP contribution in [0.1, 0.15) is 16.2 Å². The van der Waals surface area contributed by atoms with E-state index in [4.69, 9.17) is 16.3 Å². The first kappa shape index (κ1) is 18.3. The second kappa shape index (κ2) is 7.38. The summed E-state index contributed by atoms with van der Waals surface area (Å²) < 4.78 is 6.57. The number of benzene rings is 1. The van der Waals surface area contributed by atoms with Crippen molar-refractivity contribution in [3.63, 3.8) is 0 Å². The Labute approximate surface area is 156 Å². The number of aryl methyl sites for hydroxylation is 1. The highest BCUT2D eigenvalue weighted by atomic mass is 35.5. The second-order valence-corrected chi connectivity index (χ2v) is 5.85. The number of fused-ring (bicyclic) bond motifs is 1. The van der Waals surface area contributed by atoms with Crippen LogP contribution >= 0.6 is 11.6 Å². The Balaban J connectivity index is 1.64. The number of aromatic nitrogens is 3. The average molecular weight is 390 g/mol. The van der Waals surface area contributed by atoms with Crippen molar-refractivity contribution in [1.29, 1.82) is 0 Å². The topological polar surface area (TPSA) is 129 Å². The largest absolute Gasteiger partial charge is 0.452 e. The number of halogens is 1. The van der Waals surface area contributed by atoms with Gasteiger partial charge in [0.15, 0.2) is 12.3 Å². The second-order valence-electron chi connectivity index (χ2n) is 5.44. The minimum absolute atomic E-state index is 0.0495. The van der Waals surface area contributed by atoms with Crippen LogP contribution in [0.3, 0.4) is 0 Å². The molecule has 27 heavy (non-hydrogen) atoms. The van der Waals surface area contributed by atoms with Crippen molar-refractivity contribution in [2.75, 3.05) is 11.9 Å². The Hall–Kier alpha value is -3.53. The number of rotatable bonds is 5. The van der Waals surface area contributed by atoms with Gasteiger partial charge < -0.3 is 10.1 Å². The van der Waals surface area contributed by atoms with Crippen LogP contribution < -0.4 is 5.32 Å². The van der Waals surface area contributed by atoms with Gasteiger partial charge in [-0.3, -0.25) is 19.3 Å². The number of nitro benzene ring substituents is 1. The quantitative estimate of drug-likeness (QED) is 0.403. The van der Waals surface area contributed by atoms with Crippen LogP contribution in [0.4, 0.5) is 11.4 Å². The fourth-order valence-corrected chi connectivity index (χ4v) is 2.41. The minimum atomic E-state index is -0.717. The van der Waals surface area contributed by atoms with Crippen LogP contribution in [0.15, 0.2) is 36.5 Å². The molecule has 138 valence electrons. The van der Waals surface area contributed by atoms with Gasteiger partial charge in [0.1, 0.15) is 5.82 Å². The first-order chi connectivity index (χ1) is 12.8. The van der Waals surface area contributed by atoms with Crippen molar-refractivity contribution in [3.8, 4) is 0 Å². The summed E-state index contributed by atoms with van der Waals surface area (Å²) in [5.41, 5.74) is 0.603. The highest BCUT2D eigenvalue weighted by Gasteiger charge is 2.15. The van der Waals surface area contributed by atoms with E-state index in [1.54, 1.807) is 17.4 Å². The Morgan fingerprint density at radius 2 is 2.07 bits per heavy atom. The maximum atomic E-state index is 12.1. The zero-order valence-electron chi connectivity index (χ0n) is 13.9. The first-order valence-corrected chi connectivity index (χ1v) is 7.95. The lowest BCUT2D eigenvalue weighted by molar-refractivity contribution is -0.384. The highest BCUT2D eigenvalue weighted by molar-refractivity contribution is 6.33. The summed E-state index contributed by atoms with van der Waals surface area (Å²) in [6.07, 6.45) is 1.50. The summed E-state index contributed by atoms with van der Waals surface area (Å²) in [5, 5.41) is 21.1. The molecule has 2 aromatic heterocycles. The molecule has 11 heteroatoms.